The number of aryl methyl sites for hydroxylation is 1. The molecule has 3 aromatic heterocycles. The lowest BCUT2D eigenvalue weighted by Gasteiger charge is -1.99. The zero-order valence-corrected chi connectivity index (χ0v) is 8.31. The Morgan fingerprint density at radius 2 is 2.00 bits per heavy atom. The van der Waals surface area contributed by atoms with Gasteiger partial charge in [0, 0.05) is 5.69 Å². The largest absolute Gasteiger partial charge is 0.384 e. The van der Waals surface area contributed by atoms with E-state index in [4.69, 9.17) is 5.73 Å². The van der Waals surface area contributed by atoms with Crippen LogP contribution in [-0.2, 0) is 0 Å². The van der Waals surface area contributed by atoms with Crippen LogP contribution in [0.5, 0.6) is 0 Å². The molecule has 0 amide bonds. The van der Waals surface area contributed by atoms with Gasteiger partial charge in [-0.25, -0.2) is 9.97 Å². The number of pyridine rings is 2. The Kier molecular flexibility index (Phi) is 1.48. The fraction of sp³-hybridized carbons (Fsp3) is 0.0909. The first kappa shape index (κ1) is 8.23. The van der Waals surface area contributed by atoms with E-state index in [9.17, 15) is 0 Å². The number of nitrogens with zero attached hydrogens (tertiary/aromatic N) is 3. The predicted molar refractivity (Wildman–Crippen MR) is 59.6 cm³/mol. The van der Waals surface area contributed by atoms with Crippen molar-refractivity contribution in [1.29, 1.82) is 0 Å². The molecular weight excluding hydrogens is 188 g/mol. The molecule has 0 unspecified atom stereocenters. The number of hydrogen-bond acceptors (Lipinski definition) is 3. The molecule has 3 heterocycles. The molecule has 15 heavy (non-hydrogen) atoms. The molecule has 0 radical (unpaired) electrons. The summed E-state index contributed by atoms with van der Waals surface area (Å²) in [6, 6.07) is 9.74. The molecule has 0 aliphatic heterocycles. The second-order valence-corrected chi connectivity index (χ2v) is 3.55. The fourth-order valence-corrected chi connectivity index (χ4v) is 1.82. The van der Waals surface area contributed by atoms with E-state index >= 15 is 0 Å². The number of nitrogens with two attached hydrogens (primary N) is 1. The predicted octanol–water partition coefficient (Wildman–Crippen LogP) is 1.77. The average Bonchev–Trinajstić information content (AvgIpc) is 2.56. The van der Waals surface area contributed by atoms with Crippen molar-refractivity contribution < 1.29 is 0 Å². The summed E-state index contributed by atoms with van der Waals surface area (Å²) in [4.78, 5) is 8.61. The van der Waals surface area contributed by atoms with Gasteiger partial charge in [0.2, 0.25) is 0 Å². The fourth-order valence-electron chi connectivity index (χ4n) is 1.82. The van der Waals surface area contributed by atoms with E-state index in [1.807, 2.05) is 31.2 Å². The highest BCUT2D eigenvalue weighted by Gasteiger charge is 2.06. The normalized spacial score (nSPS) is 11.3. The average molecular weight is 198 g/mol. The van der Waals surface area contributed by atoms with Crippen molar-refractivity contribution in [2.75, 3.05) is 5.73 Å². The van der Waals surface area contributed by atoms with Crippen LogP contribution in [0.25, 0.3) is 16.8 Å². The minimum absolute atomic E-state index is 0.503. The van der Waals surface area contributed by atoms with Crippen molar-refractivity contribution in [2.45, 2.75) is 6.92 Å². The van der Waals surface area contributed by atoms with Crippen LogP contribution in [-0.4, -0.2) is 14.4 Å². The van der Waals surface area contributed by atoms with Gasteiger partial charge in [-0.3, -0.25) is 4.40 Å². The van der Waals surface area contributed by atoms with Gasteiger partial charge in [0.05, 0.1) is 5.52 Å². The summed E-state index contributed by atoms with van der Waals surface area (Å²) in [6.45, 7) is 2.05. The van der Waals surface area contributed by atoms with E-state index < -0.39 is 0 Å². The smallest absolute Gasteiger partial charge is 0.180 e. The number of nitrogen functional groups attached to an aromatic ring is 1. The molecule has 0 spiro atoms. The molecule has 3 aromatic rings. The number of fused-ring (bicyclic) bond motifs is 3. The quantitative estimate of drug-likeness (QED) is 0.599. The van der Waals surface area contributed by atoms with E-state index in [1.54, 1.807) is 6.07 Å². The van der Waals surface area contributed by atoms with E-state index in [2.05, 4.69) is 14.4 Å². The third kappa shape index (κ3) is 1.08. The molecule has 0 saturated heterocycles. The third-order valence-corrected chi connectivity index (χ3v) is 2.50. The van der Waals surface area contributed by atoms with Crippen molar-refractivity contribution in [3.8, 4) is 0 Å². The first-order valence-electron chi connectivity index (χ1n) is 4.76. The Labute approximate surface area is 86.4 Å². The molecule has 0 aliphatic carbocycles. The first-order chi connectivity index (χ1) is 7.25. The molecule has 0 aromatic carbocycles. The summed E-state index contributed by atoms with van der Waals surface area (Å²) in [7, 11) is 0. The summed E-state index contributed by atoms with van der Waals surface area (Å²) in [5.41, 5.74) is 9.37. The molecule has 4 nitrogen and oxygen atoms in total. The SMILES string of the molecule is Cc1cccc2nc3nc(N)ccc3n12. The van der Waals surface area contributed by atoms with E-state index in [-0.39, 0.29) is 0 Å². The highest BCUT2D eigenvalue weighted by molar-refractivity contribution is 5.78. The topological polar surface area (TPSA) is 56.2 Å². The second-order valence-electron chi connectivity index (χ2n) is 3.55. The number of imidazole rings is 1. The van der Waals surface area contributed by atoms with Gasteiger partial charge >= 0.3 is 0 Å². The lowest BCUT2D eigenvalue weighted by Crippen LogP contribution is -1.91. The van der Waals surface area contributed by atoms with E-state index in [1.165, 1.54) is 0 Å². The first-order valence-corrected chi connectivity index (χ1v) is 4.76. The summed E-state index contributed by atoms with van der Waals surface area (Å²) in [6.07, 6.45) is 0. The Balaban J connectivity index is 2.59. The Hall–Kier alpha value is -2.10. The van der Waals surface area contributed by atoms with Crippen molar-refractivity contribution in [3.63, 3.8) is 0 Å². The van der Waals surface area contributed by atoms with Crippen LogP contribution in [0.15, 0.2) is 30.3 Å². The molecule has 0 bridgehead atoms. The maximum atomic E-state index is 5.62. The molecule has 0 aliphatic rings. The summed E-state index contributed by atoms with van der Waals surface area (Å²) in [5, 5.41) is 0. The Morgan fingerprint density at radius 3 is 2.87 bits per heavy atom. The molecule has 0 atom stereocenters. The van der Waals surface area contributed by atoms with Gasteiger partial charge in [0.1, 0.15) is 11.5 Å². The molecule has 3 rings (SSSR count). The Bertz CT molecular complexity index is 654. The summed E-state index contributed by atoms with van der Waals surface area (Å²) in [5.74, 6) is 0.503. The van der Waals surface area contributed by atoms with Crippen LogP contribution in [0.1, 0.15) is 5.69 Å². The third-order valence-electron chi connectivity index (χ3n) is 2.50. The molecular formula is C11H10N4. The van der Waals surface area contributed by atoms with Gasteiger partial charge < -0.3 is 5.73 Å². The monoisotopic (exact) mass is 198 g/mol. The number of aromatic nitrogens is 3. The van der Waals surface area contributed by atoms with Gasteiger partial charge in [-0.05, 0) is 31.2 Å². The summed E-state index contributed by atoms with van der Waals surface area (Å²) >= 11 is 0. The highest BCUT2D eigenvalue weighted by atomic mass is 15.1. The van der Waals surface area contributed by atoms with Gasteiger partial charge in [0.15, 0.2) is 5.65 Å². The number of hydrogen-bond donors (Lipinski definition) is 1. The van der Waals surface area contributed by atoms with Crippen LogP contribution in [0.3, 0.4) is 0 Å². The molecule has 2 N–H and O–H groups in total. The van der Waals surface area contributed by atoms with Crippen molar-refractivity contribution in [1.82, 2.24) is 14.4 Å². The zero-order valence-electron chi connectivity index (χ0n) is 8.31. The van der Waals surface area contributed by atoms with Gasteiger partial charge in [-0.2, -0.15) is 0 Å². The van der Waals surface area contributed by atoms with Crippen molar-refractivity contribution in [2.24, 2.45) is 0 Å². The highest BCUT2D eigenvalue weighted by Crippen LogP contribution is 2.17. The van der Waals surface area contributed by atoms with Gasteiger partial charge in [0.25, 0.3) is 0 Å². The molecule has 4 heteroatoms. The lowest BCUT2D eigenvalue weighted by molar-refractivity contribution is 1.13. The standard InChI is InChI=1S/C11H10N4/c1-7-3-2-4-10-14-11-8(15(7)10)5-6-9(12)13-11/h2-6H,1H3,(H2,12,13). The lowest BCUT2D eigenvalue weighted by atomic mass is 10.3. The second kappa shape index (κ2) is 2.70. The Morgan fingerprint density at radius 1 is 1.13 bits per heavy atom. The number of rotatable bonds is 0. The van der Waals surface area contributed by atoms with Crippen molar-refractivity contribution >= 4 is 22.6 Å². The zero-order chi connectivity index (χ0) is 10.4. The van der Waals surface area contributed by atoms with E-state index in [0.717, 1.165) is 16.9 Å². The molecule has 74 valence electrons. The van der Waals surface area contributed by atoms with Crippen LogP contribution in [0.4, 0.5) is 5.82 Å². The van der Waals surface area contributed by atoms with Crippen LogP contribution in [0, 0.1) is 6.92 Å². The molecule has 0 saturated carbocycles. The van der Waals surface area contributed by atoms with E-state index in [0.29, 0.717) is 11.5 Å². The van der Waals surface area contributed by atoms with Crippen molar-refractivity contribution in [3.05, 3.63) is 36.0 Å². The minimum atomic E-state index is 0.503. The minimum Gasteiger partial charge on any atom is -0.384 e. The van der Waals surface area contributed by atoms with Gasteiger partial charge in [-0.15, -0.1) is 0 Å². The number of anilines is 1. The maximum absolute atomic E-state index is 5.62. The molecule has 0 fully saturated rings. The summed E-state index contributed by atoms with van der Waals surface area (Å²) < 4.78 is 2.07. The van der Waals surface area contributed by atoms with Gasteiger partial charge in [-0.1, -0.05) is 6.07 Å². The maximum Gasteiger partial charge on any atom is 0.180 e. The van der Waals surface area contributed by atoms with Crippen LogP contribution in [0.2, 0.25) is 0 Å². The van der Waals surface area contributed by atoms with Crippen LogP contribution >= 0.6 is 0 Å². The van der Waals surface area contributed by atoms with Crippen LogP contribution < -0.4 is 5.73 Å².